The molecule has 0 aromatic rings. The Bertz CT molecular complexity index is 739. The summed E-state index contributed by atoms with van der Waals surface area (Å²) in [7, 11) is 0. The van der Waals surface area contributed by atoms with Crippen LogP contribution < -0.4 is 0 Å². The van der Waals surface area contributed by atoms with Gasteiger partial charge < -0.3 is 5.11 Å². The highest BCUT2D eigenvalue weighted by atomic mass is 16.3. The monoisotopic (exact) mass is 410 g/mol. The van der Waals surface area contributed by atoms with E-state index in [2.05, 4.69) is 59.8 Å². The van der Waals surface area contributed by atoms with E-state index in [1.807, 2.05) is 0 Å². The molecular weight excluding hydrogens is 364 g/mol. The van der Waals surface area contributed by atoms with E-state index in [1.165, 1.54) is 50.5 Å². The van der Waals surface area contributed by atoms with Gasteiger partial charge in [-0.25, -0.2) is 0 Å². The maximum atomic E-state index is 10.2. The average molecular weight is 411 g/mol. The zero-order chi connectivity index (χ0) is 21.7. The fraction of sp³-hybridized carbons (Fsp3) is 0.793. The largest absolute Gasteiger partial charge is 0.393 e. The highest BCUT2D eigenvalue weighted by Gasteiger charge is 2.56. The van der Waals surface area contributed by atoms with Crippen molar-refractivity contribution < 1.29 is 5.11 Å². The van der Waals surface area contributed by atoms with Crippen molar-refractivity contribution in [2.75, 3.05) is 0 Å². The standard InChI is InChI=1S/C29H46O/c1-7-21(19(2)3)9-8-20(4)25-12-13-26-24-11-10-22-18-23(30)14-16-28(22,5)27(24)15-17-29(25,26)6/h7,10-11,19-20,23,25-27,30H,8-9,12-18H2,1-6H3/b21-7-. The van der Waals surface area contributed by atoms with Crippen molar-refractivity contribution in [3.8, 4) is 0 Å². The van der Waals surface area contributed by atoms with Crippen LogP contribution in [-0.4, -0.2) is 11.2 Å². The zero-order valence-electron chi connectivity index (χ0n) is 20.5. The third-order valence-electron chi connectivity index (χ3n) is 10.3. The molecule has 4 rings (SSSR count). The van der Waals surface area contributed by atoms with Crippen molar-refractivity contribution in [2.24, 2.45) is 40.4 Å². The SMILES string of the molecule is C/C=C(/CCC(C)C1CCC2C3=CC=C4CC(O)CCC4(C)C3CCC21C)C(C)C. The molecule has 3 saturated carbocycles. The maximum absolute atomic E-state index is 10.2. The van der Waals surface area contributed by atoms with E-state index in [0.29, 0.717) is 16.7 Å². The molecule has 168 valence electrons. The van der Waals surface area contributed by atoms with Crippen LogP contribution in [0.2, 0.25) is 0 Å². The van der Waals surface area contributed by atoms with Gasteiger partial charge in [0.25, 0.3) is 0 Å². The lowest BCUT2D eigenvalue weighted by Gasteiger charge is -2.55. The number of hydrogen-bond donors (Lipinski definition) is 1. The molecule has 0 saturated heterocycles. The third-order valence-corrected chi connectivity index (χ3v) is 10.3. The van der Waals surface area contributed by atoms with Gasteiger partial charge in [-0.1, -0.05) is 69.6 Å². The summed E-state index contributed by atoms with van der Waals surface area (Å²) in [5, 5.41) is 10.2. The van der Waals surface area contributed by atoms with Gasteiger partial charge in [-0.2, -0.15) is 0 Å². The minimum atomic E-state index is -0.113. The van der Waals surface area contributed by atoms with Crippen molar-refractivity contribution >= 4 is 0 Å². The number of rotatable bonds is 5. The fourth-order valence-electron chi connectivity index (χ4n) is 8.32. The molecule has 3 fully saturated rings. The second-order valence-corrected chi connectivity index (χ2v) is 12.0. The van der Waals surface area contributed by atoms with Crippen molar-refractivity contribution in [3.05, 3.63) is 34.9 Å². The number of allylic oxidation sites excluding steroid dienone is 5. The quantitative estimate of drug-likeness (QED) is 0.457. The van der Waals surface area contributed by atoms with Gasteiger partial charge in [-0.3, -0.25) is 0 Å². The van der Waals surface area contributed by atoms with Crippen molar-refractivity contribution in [3.63, 3.8) is 0 Å². The molecule has 4 aliphatic carbocycles. The van der Waals surface area contributed by atoms with Gasteiger partial charge in [-0.15, -0.1) is 0 Å². The molecule has 1 N–H and O–H groups in total. The molecule has 1 nitrogen and oxygen atoms in total. The number of aliphatic hydroxyl groups is 1. The zero-order valence-corrected chi connectivity index (χ0v) is 20.5. The molecule has 0 spiro atoms. The van der Waals surface area contributed by atoms with Crippen molar-refractivity contribution in [2.45, 2.75) is 105 Å². The number of fused-ring (bicyclic) bond motifs is 5. The molecule has 0 aliphatic heterocycles. The van der Waals surface area contributed by atoms with Crippen LogP contribution in [0.1, 0.15) is 99.3 Å². The lowest BCUT2D eigenvalue weighted by molar-refractivity contribution is 0.0326. The Balaban J connectivity index is 1.52. The molecule has 0 bridgehead atoms. The second kappa shape index (κ2) is 8.27. The normalized spacial score (nSPS) is 42.2. The van der Waals surface area contributed by atoms with Crippen molar-refractivity contribution in [1.82, 2.24) is 0 Å². The predicted molar refractivity (Wildman–Crippen MR) is 128 cm³/mol. The van der Waals surface area contributed by atoms with Crippen LogP contribution in [0.3, 0.4) is 0 Å². The maximum Gasteiger partial charge on any atom is 0.0578 e. The van der Waals surface area contributed by atoms with E-state index in [1.54, 1.807) is 11.1 Å². The van der Waals surface area contributed by atoms with Crippen LogP contribution in [0.5, 0.6) is 0 Å². The predicted octanol–water partition coefficient (Wildman–Crippen LogP) is 7.87. The van der Waals surface area contributed by atoms with E-state index < -0.39 is 0 Å². The van der Waals surface area contributed by atoms with Gasteiger partial charge in [0.05, 0.1) is 6.10 Å². The summed E-state index contributed by atoms with van der Waals surface area (Å²) >= 11 is 0. The Morgan fingerprint density at radius 2 is 1.83 bits per heavy atom. The smallest absolute Gasteiger partial charge is 0.0578 e. The Morgan fingerprint density at radius 1 is 1.07 bits per heavy atom. The molecule has 0 aromatic carbocycles. The van der Waals surface area contributed by atoms with Crippen LogP contribution >= 0.6 is 0 Å². The minimum absolute atomic E-state index is 0.113. The van der Waals surface area contributed by atoms with Crippen LogP contribution in [0.25, 0.3) is 0 Å². The minimum Gasteiger partial charge on any atom is -0.393 e. The Hall–Kier alpha value is -0.820. The van der Waals surface area contributed by atoms with E-state index >= 15 is 0 Å². The Kier molecular flexibility index (Phi) is 6.17. The summed E-state index contributed by atoms with van der Waals surface area (Å²) in [6.07, 6.45) is 18.5. The fourth-order valence-corrected chi connectivity index (χ4v) is 8.32. The summed E-state index contributed by atoms with van der Waals surface area (Å²) in [6.45, 7) is 14.6. The van der Waals surface area contributed by atoms with Crippen LogP contribution in [0, 0.1) is 40.4 Å². The summed E-state index contributed by atoms with van der Waals surface area (Å²) in [6, 6.07) is 0. The van der Waals surface area contributed by atoms with Crippen LogP contribution in [0.15, 0.2) is 34.9 Å². The van der Waals surface area contributed by atoms with Gasteiger partial charge in [0, 0.05) is 0 Å². The molecule has 0 radical (unpaired) electrons. The number of aliphatic hydroxyl groups excluding tert-OH is 1. The molecule has 0 aromatic heterocycles. The summed E-state index contributed by atoms with van der Waals surface area (Å²) in [5.41, 5.74) is 5.77. The topological polar surface area (TPSA) is 20.2 Å². The summed E-state index contributed by atoms with van der Waals surface area (Å²) in [5.74, 6) is 3.90. The Labute approximate surface area is 186 Å². The van der Waals surface area contributed by atoms with Crippen LogP contribution in [0.4, 0.5) is 0 Å². The van der Waals surface area contributed by atoms with Gasteiger partial charge in [0.2, 0.25) is 0 Å². The first-order chi connectivity index (χ1) is 14.2. The summed E-state index contributed by atoms with van der Waals surface area (Å²) < 4.78 is 0. The molecule has 7 atom stereocenters. The first kappa shape index (κ1) is 22.4. The second-order valence-electron chi connectivity index (χ2n) is 12.0. The lowest BCUT2D eigenvalue weighted by Crippen LogP contribution is -2.46. The van der Waals surface area contributed by atoms with Crippen LogP contribution in [-0.2, 0) is 0 Å². The molecule has 0 amide bonds. The van der Waals surface area contributed by atoms with E-state index in [-0.39, 0.29) is 6.10 Å². The highest BCUT2D eigenvalue weighted by Crippen LogP contribution is 2.66. The van der Waals surface area contributed by atoms with Gasteiger partial charge in [0.15, 0.2) is 0 Å². The molecule has 4 aliphatic rings. The Morgan fingerprint density at radius 3 is 2.53 bits per heavy atom. The number of hydrogen-bond acceptors (Lipinski definition) is 1. The first-order valence-corrected chi connectivity index (χ1v) is 12.9. The van der Waals surface area contributed by atoms with Gasteiger partial charge in [-0.05, 0) is 105 Å². The van der Waals surface area contributed by atoms with E-state index in [4.69, 9.17) is 0 Å². The molecule has 0 heterocycles. The van der Waals surface area contributed by atoms with Gasteiger partial charge >= 0.3 is 0 Å². The highest BCUT2D eigenvalue weighted by molar-refractivity contribution is 5.38. The third kappa shape index (κ3) is 3.58. The average Bonchev–Trinajstić information content (AvgIpc) is 3.06. The molecule has 30 heavy (non-hydrogen) atoms. The van der Waals surface area contributed by atoms with E-state index in [9.17, 15) is 5.11 Å². The lowest BCUT2D eigenvalue weighted by atomic mass is 9.50. The molecule has 7 unspecified atom stereocenters. The summed E-state index contributed by atoms with van der Waals surface area (Å²) in [4.78, 5) is 0. The van der Waals surface area contributed by atoms with E-state index in [0.717, 1.165) is 36.5 Å². The van der Waals surface area contributed by atoms with Gasteiger partial charge in [0.1, 0.15) is 0 Å². The first-order valence-electron chi connectivity index (χ1n) is 12.9. The molecule has 1 heteroatoms. The molecular formula is C29H46O. The van der Waals surface area contributed by atoms with Crippen molar-refractivity contribution in [1.29, 1.82) is 0 Å².